The highest BCUT2D eigenvalue weighted by molar-refractivity contribution is 9.11. The van der Waals surface area contributed by atoms with Gasteiger partial charge in [0.2, 0.25) is 0 Å². The van der Waals surface area contributed by atoms with E-state index in [-0.39, 0.29) is 20.6 Å². The predicted molar refractivity (Wildman–Crippen MR) is 89.1 cm³/mol. The van der Waals surface area contributed by atoms with E-state index in [2.05, 4.69) is 36.6 Å². The van der Waals surface area contributed by atoms with Gasteiger partial charge in [0, 0.05) is 8.95 Å². The summed E-state index contributed by atoms with van der Waals surface area (Å²) < 4.78 is 28.3. The highest BCUT2D eigenvalue weighted by atomic mass is 79.9. The second-order valence-corrected chi connectivity index (χ2v) is 8.01. The standard InChI is InChI=1S/C12H7Br2Cl2NO2S/c13-7-4-5-11(8(14)6-7)20(18,19)17-12-9(15)2-1-3-10(12)16/h1-6,17H. The molecule has 0 radical (unpaired) electrons. The molecule has 1 N–H and O–H groups in total. The average molecular weight is 460 g/mol. The van der Waals surface area contributed by atoms with Crippen LogP contribution in [-0.2, 0) is 10.0 Å². The van der Waals surface area contributed by atoms with Gasteiger partial charge in [-0.1, -0.05) is 45.2 Å². The van der Waals surface area contributed by atoms with Gasteiger partial charge in [0.25, 0.3) is 10.0 Å². The Kier molecular flexibility index (Phi) is 5.02. The van der Waals surface area contributed by atoms with Crippen molar-refractivity contribution in [3.05, 3.63) is 55.4 Å². The van der Waals surface area contributed by atoms with Crippen LogP contribution in [0.2, 0.25) is 10.0 Å². The number of sulfonamides is 1. The first-order valence-electron chi connectivity index (χ1n) is 5.23. The minimum Gasteiger partial charge on any atom is -0.277 e. The lowest BCUT2D eigenvalue weighted by Crippen LogP contribution is -2.14. The fourth-order valence-corrected chi connectivity index (χ4v) is 4.93. The predicted octanol–water partition coefficient (Wildman–Crippen LogP) is 5.32. The molecule has 0 fully saturated rings. The first kappa shape index (κ1) is 16.1. The Morgan fingerprint density at radius 2 is 1.60 bits per heavy atom. The van der Waals surface area contributed by atoms with Crippen molar-refractivity contribution >= 4 is 70.8 Å². The largest absolute Gasteiger partial charge is 0.277 e. The molecule has 0 amide bonds. The van der Waals surface area contributed by atoms with Crippen molar-refractivity contribution in [3.8, 4) is 0 Å². The summed E-state index contributed by atoms with van der Waals surface area (Å²) in [6.45, 7) is 0. The lowest BCUT2D eigenvalue weighted by atomic mass is 10.3. The minimum atomic E-state index is -3.79. The molecule has 0 aromatic heterocycles. The number of para-hydroxylation sites is 1. The number of rotatable bonds is 3. The quantitative estimate of drug-likeness (QED) is 0.675. The van der Waals surface area contributed by atoms with Crippen molar-refractivity contribution < 1.29 is 8.42 Å². The molecular formula is C12H7Br2Cl2NO2S. The molecule has 0 heterocycles. The SMILES string of the molecule is O=S(=O)(Nc1c(Cl)cccc1Cl)c1ccc(Br)cc1Br. The summed E-state index contributed by atoms with van der Waals surface area (Å²) in [5, 5.41) is 0.462. The molecule has 0 aliphatic rings. The van der Waals surface area contributed by atoms with E-state index in [0.29, 0.717) is 4.47 Å². The lowest BCUT2D eigenvalue weighted by molar-refractivity contribution is 0.600. The number of anilines is 1. The van der Waals surface area contributed by atoms with Gasteiger partial charge in [-0.2, -0.15) is 0 Å². The van der Waals surface area contributed by atoms with Crippen molar-refractivity contribution in [2.45, 2.75) is 4.90 Å². The molecular weight excluding hydrogens is 453 g/mol. The van der Waals surface area contributed by atoms with E-state index >= 15 is 0 Å². The molecule has 106 valence electrons. The fourth-order valence-electron chi connectivity index (χ4n) is 1.48. The van der Waals surface area contributed by atoms with Crippen molar-refractivity contribution in [1.82, 2.24) is 0 Å². The van der Waals surface area contributed by atoms with Gasteiger partial charge in [-0.25, -0.2) is 8.42 Å². The Morgan fingerprint density at radius 3 is 2.15 bits per heavy atom. The smallest absolute Gasteiger partial charge is 0.263 e. The van der Waals surface area contributed by atoms with Gasteiger partial charge in [0.05, 0.1) is 15.7 Å². The van der Waals surface area contributed by atoms with Gasteiger partial charge in [-0.15, -0.1) is 0 Å². The van der Waals surface area contributed by atoms with Gasteiger partial charge in [0.15, 0.2) is 0 Å². The van der Waals surface area contributed by atoms with E-state index in [4.69, 9.17) is 23.2 Å². The third kappa shape index (κ3) is 3.49. The molecule has 2 rings (SSSR count). The maximum atomic E-state index is 12.4. The Morgan fingerprint density at radius 1 is 1.00 bits per heavy atom. The Bertz CT molecular complexity index is 746. The van der Waals surface area contributed by atoms with Gasteiger partial charge in [-0.3, -0.25) is 4.72 Å². The van der Waals surface area contributed by atoms with Crippen LogP contribution in [0.15, 0.2) is 50.2 Å². The summed E-state index contributed by atoms with van der Waals surface area (Å²) in [4.78, 5) is 0.0942. The van der Waals surface area contributed by atoms with E-state index in [1.165, 1.54) is 6.07 Å². The van der Waals surface area contributed by atoms with Crippen LogP contribution in [0.1, 0.15) is 0 Å². The molecule has 0 atom stereocenters. The van der Waals surface area contributed by atoms with E-state index in [1.54, 1.807) is 30.3 Å². The van der Waals surface area contributed by atoms with Crippen LogP contribution in [0.25, 0.3) is 0 Å². The van der Waals surface area contributed by atoms with Gasteiger partial charge in [-0.05, 0) is 46.3 Å². The number of halogens is 4. The first-order chi connectivity index (χ1) is 9.31. The Labute approximate surface area is 143 Å². The second-order valence-electron chi connectivity index (χ2n) is 3.78. The number of hydrogen-bond donors (Lipinski definition) is 1. The summed E-state index contributed by atoms with van der Waals surface area (Å²) in [6, 6.07) is 9.50. The molecule has 8 heteroatoms. The maximum absolute atomic E-state index is 12.4. The normalized spacial score (nSPS) is 11.4. The monoisotopic (exact) mass is 457 g/mol. The summed E-state index contributed by atoms with van der Waals surface area (Å²) in [6.07, 6.45) is 0. The molecule has 20 heavy (non-hydrogen) atoms. The van der Waals surface area contributed by atoms with Crippen LogP contribution in [0.4, 0.5) is 5.69 Å². The zero-order valence-corrected chi connectivity index (χ0v) is 15.2. The van der Waals surface area contributed by atoms with Crippen molar-refractivity contribution in [1.29, 1.82) is 0 Å². The molecule has 0 aliphatic heterocycles. The van der Waals surface area contributed by atoms with Crippen LogP contribution in [0.5, 0.6) is 0 Å². The van der Waals surface area contributed by atoms with Gasteiger partial charge in [0.1, 0.15) is 4.90 Å². The Balaban J connectivity index is 2.46. The topological polar surface area (TPSA) is 46.2 Å². The van der Waals surface area contributed by atoms with Crippen LogP contribution >= 0.6 is 55.1 Å². The maximum Gasteiger partial charge on any atom is 0.263 e. The number of benzene rings is 2. The molecule has 0 bridgehead atoms. The molecule has 2 aromatic carbocycles. The zero-order valence-electron chi connectivity index (χ0n) is 9.70. The molecule has 2 aromatic rings. The van der Waals surface area contributed by atoms with Gasteiger partial charge < -0.3 is 0 Å². The van der Waals surface area contributed by atoms with Crippen molar-refractivity contribution in [3.63, 3.8) is 0 Å². The number of hydrogen-bond acceptors (Lipinski definition) is 2. The Hall–Kier alpha value is -0.270. The van der Waals surface area contributed by atoms with E-state index in [0.717, 1.165) is 4.47 Å². The zero-order chi connectivity index (χ0) is 14.9. The second kappa shape index (κ2) is 6.23. The highest BCUT2D eigenvalue weighted by Gasteiger charge is 2.20. The van der Waals surface area contributed by atoms with Crippen molar-refractivity contribution in [2.24, 2.45) is 0 Å². The molecule has 0 unspecified atom stereocenters. The summed E-state index contributed by atoms with van der Waals surface area (Å²) in [5.74, 6) is 0. The average Bonchev–Trinajstić information content (AvgIpc) is 2.33. The first-order valence-corrected chi connectivity index (χ1v) is 9.05. The minimum absolute atomic E-state index is 0.0942. The molecule has 3 nitrogen and oxygen atoms in total. The molecule has 0 spiro atoms. The molecule has 0 saturated heterocycles. The van der Waals surface area contributed by atoms with Crippen LogP contribution in [0, 0.1) is 0 Å². The highest BCUT2D eigenvalue weighted by Crippen LogP contribution is 2.33. The summed E-state index contributed by atoms with van der Waals surface area (Å²) >= 11 is 18.4. The van der Waals surface area contributed by atoms with Gasteiger partial charge >= 0.3 is 0 Å². The fraction of sp³-hybridized carbons (Fsp3) is 0. The molecule has 0 aliphatic carbocycles. The summed E-state index contributed by atoms with van der Waals surface area (Å²) in [5.41, 5.74) is 0.158. The van der Waals surface area contributed by atoms with Crippen LogP contribution in [0.3, 0.4) is 0 Å². The van der Waals surface area contributed by atoms with E-state index in [1.807, 2.05) is 0 Å². The third-order valence-electron chi connectivity index (χ3n) is 2.38. The summed E-state index contributed by atoms with van der Waals surface area (Å²) in [7, 11) is -3.79. The van der Waals surface area contributed by atoms with E-state index < -0.39 is 10.0 Å². The van der Waals surface area contributed by atoms with Crippen molar-refractivity contribution in [2.75, 3.05) is 4.72 Å². The van der Waals surface area contributed by atoms with Crippen LogP contribution < -0.4 is 4.72 Å². The third-order valence-corrected chi connectivity index (χ3v) is 5.83. The van der Waals surface area contributed by atoms with E-state index in [9.17, 15) is 8.42 Å². The number of nitrogens with one attached hydrogen (secondary N) is 1. The lowest BCUT2D eigenvalue weighted by Gasteiger charge is -2.12. The van der Waals surface area contributed by atoms with Crippen LogP contribution in [-0.4, -0.2) is 8.42 Å². The molecule has 0 saturated carbocycles.